The normalized spacial score (nSPS) is 28.1. The monoisotopic (exact) mass is 211 g/mol. The average molecular weight is 211 g/mol. The van der Waals surface area contributed by atoms with Crippen molar-refractivity contribution in [3.63, 3.8) is 0 Å². The third kappa shape index (κ3) is 1.60. The Morgan fingerprint density at radius 3 is 2.80 bits per heavy atom. The summed E-state index contributed by atoms with van der Waals surface area (Å²) in [7, 11) is 0. The number of rotatable bonds is 0. The van der Waals surface area contributed by atoms with Crippen LogP contribution in [0.1, 0.15) is 25.5 Å². The smallest absolute Gasteiger partial charge is 0.131 e. The Bertz CT molecular complexity index is 392. The van der Waals surface area contributed by atoms with E-state index >= 15 is 0 Å². The Hall–Kier alpha value is -1.13. The lowest BCUT2D eigenvalue weighted by Crippen LogP contribution is -2.51. The Labute approximate surface area is 87.7 Å². The third-order valence-corrected chi connectivity index (χ3v) is 2.76. The number of benzene rings is 1. The van der Waals surface area contributed by atoms with Gasteiger partial charge in [0.1, 0.15) is 23.3 Å². The summed E-state index contributed by atoms with van der Waals surface area (Å²) in [6.45, 7) is 3.51. The predicted molar refractivity (Wildman–Crippen MR) is 54.0 cm³/mol. The predicted octanol–water partition coefficient (Wildman–Crippen LogP) is 1.36. The summed E-state index contributed by atoms with van der Waals surface area (Å²) in [6.07, 6.45) is -0.841. The van der Waals surface area contributed by atoms with Crippen LogP contribution in [0.3, 0.4) is 0 Å². The highest BCUT2D eigenvalue weighted by atomic mass is 19.1. The summed E-state index contributed by atoms with van der Waals surface area (Å²) in [5.74, 6) is 0.166. The number of hydrogen-bond donors (Lipinski definition) is 2. The van der Waals surface area contributed by atoms with Gasteiger partial charge in [0.2, 0.25) is 0 Å². The molecule has 82 valence electrons. The molecular formula is C11H14FNO2. The topological polar surface area (TPSA) is 55.5 Å². The lowest BCUT2D eigenvalue weighted by Gasteiger charge is -2.40. The molecule has 1 aromatic carbocycles. The standard InChI is InChI=1S/C11H14FNO2/c1-11(2)10(14)9(13)7-5-6(12)3-4-8(7)15-11/h3-5,9-10,14H,13H2,1-2H3/t9-,10+/m0/s1. The van der Waals surface area contributed by atoms with Crippen molar-refractivity contribution in [2.45, 2.75) is 31.6 Å². The molecule has 1 heterocycles. The van der Waals surface area contributed by atoms with Crippen LogP contribution in [0.2, 0.25) is 0 Å². The second-order valence-corrected chi connectivity index (χ2v) is 4.36. The number of ether oxygens (including phenoxy) is 1. The van der Waals surface area contributed by atoms with Crippen LogP contribution in [-0.2, 0) is 0 Å². The maximum Gasteiger partial charge on any atom is 0.131 e. The molecular weight excluding hydrogens is 197 g/mol. The minimum Gasteiger partial charge on any atom is -0.485 e. The molecule has 0 saturated carbocycles. The van der Waals surface area contributed by atoms with Crippen LogP contribution >= 0.6 is 0 Å². The van der Waals surface area contributed by atoms with Gasteiger partial charge in [-0.2, -0.15) is 0 Å². The maximum atomic E-state index is 13.0. The van der Waals surface area contributed by atoms with Crippen molar-refractivity contribution in [1.29, 1.82) is 0 Å². The van der Waals surface area contributed by atoms with Gasteiger partial charge in [0.15, 0.2) is 0 Å². The van der Waals surface area contributed by atoms with E-state index in [1.54, 1.807) is 13.8 Å². The van der Waals surface area contributed by atoms with Crippen LogP contribution in [-0.4, -0.2) is 16.8 Å². The second-order valence-electron chi connectivity index (χ2n) is 4.36. The van der Waals surface area contributed by atoms with Gasteiger partial charge in [0, 0.05) is 5.56 Å². The minimum absolute atomic E-state index is 0.375. The molecule has 0 bridgehead atoms. The number of nitrogens with two attached hydrogens (primary N) is 1. The summed E-state index contributed by atoms with van der Waals surface area (Å²) in [6, 6.07) is 3.55. The summed E-state index contributed by atoms with van der Waals surface area (Å²) in [5, 5.41) is 9.87. The molecule has 0 unspecified atom stereocenters. The third-order valence-electron chi connectivity index (χ3n) is 2.76. The van der Waals surface area contributed by atoms with Crippen molar-refractivity contribution in [2.75, 3.05) is 0 Å². The minimum atomic E-state index is -0.841. The Balaban J connectivity index is 2.50. The molecule has 0 radical (unpaired) electrons. The lowest BCUT2D eigenvalue weighted by molar-refractivity contribution is -0.0573. The van der Waals surface area contributed by atoms with Gasteiger partial charge in [-0.25, -0.2) is 4.39 Å². The van der Waals surface area contributed by atoms with Gasteiger partial charge in [0.25, 0.3) is 0 Å². The van der Waals surface area contributed by atoms with E-state index in [0.717, 1.165) is 0 Å². The molecule has 0 spiro atoms. The number of fused-ring (bicyclic) bond motifs is 1. The number of halogens is 1. The molecule has 2 atom stereocenters. The van der Waals surface area contributed by atoms with Crippen molar-refractivity contribution >= 4 is 0 Å². The Morgan fingerprint density at radius 1 is 1.47 bits per heavy atom. The fourth-order valence-corrected chi connectivity index (χ4v) is 1.82. The molecule has 0 amide bonds. The zero-order valence-electron chi connectivity index (χ0n) is 8.70. The number of aliphatic hydroxyl groups excluding tert-OH is 1. The highest BCUT2D eigenvalue weighted by molar-refractivity contribution is 5.40. The molecule has 1 aromatic rings. The van der Waals surface area contributed by atoms with E-state index in [2.05, 4.69) is 0 Å². The zero-order valence-corrected chi connectivity index (χ0v) is 8.70. The first-order valence-corrected chi connectivity index (χ1v) is 4.84. The maximum absolute atomic E-state index is 13.0. The quantitative estimate of drug-likeness (QED) is 0.681. The summed E-state index contributed by atoms with van der Waals surface area (Å²) in [4.78, 5) is 0. The molecule has 4 heteroatoms. The summed E-state index contributed by atoms with van der Waals surface area (Å²) in [5.41, 5.74) is 5.61. The largest absolute Gasteiger partial charge is 0.485 e. The molecule has 0 aliphatic carbocycles. The summed E-state index contributed by atoms with van der Waals surface area (Å²) < 4.78 is 18.6. The fraction of sp³-hybridized carbons (Fsp3) is 0.455. The van der Waals surface area contributed by atoms with Gasteiger partial charge in [-0.3, -0.25) is 0 Å². The molecule has 1 aliphatic heterocycles. The van der Waals surface area contributed by atoms with E-state index in [4.69, 9.17) is 10.5 Å². The summed E-state index contributed by atoms with van der Waals surface area (Å²) >= 11 is 0. The Kier molecular flexibility index (Phi) is 2.20. The van der Waals surface area contributed by atoms with E-state index < -0.39 is 17.7 Å². The first kappa shape index (κ1) is 10.4. The van der Waals surface area contributed by atoms with Crippen molar-refractivity contribution < 1.29 is 14.2 Å². The Morgan fingerprint density at radius 2 is 2.13 bits per heavy atom. The van der Waals surface area contributed by atoms with Crippen molar-refractivity contribution in [2.24, 2.45) is 5.73 Å². The average Bonchev–Trinajstić information content (AvgIpc) is 2.16. The zero-order chi connectivity index (χ0) is 11.2. The van der Waals surface area contributed by atoms with Crippen LogP contribution in [0.5, 0.6) is 5.75 Å². The van der Waals surface area contributed by atoms with Gasteiger partial charge in [0.05, 0.1) is 6.04 Å². The first-order valence-electron chi connectivity index (χ1n) is 4.84. The highest BCUT2D eigenvalue weighted by Gasteiger charge is 2.41. The number of aliphatic hydroxyl groups is 1. The van der Waals surface area contributed by atoms with E-state index in [-0.39, 0.29) is 5.82 Å². The molecule has 1 aliphatic rings. The van der Waals surface area contributed by atoms with Crippen molar-refractivity contribution in [3.8, 4) is 5.75 Å². The van der Waals surface area contributed by atoms with Gasteiger partial charge in [-0.15, -0.1) is 0 Å². The fourth-order valence-electron chi connectivity index (χ4n) is 1.82. The van der Waals surface area contributed by atoms with Gasteiger partial charge in [-0.1, -0.05) is 0 Å². The van der Waals surface area contributed by atoms with Crippen LogP contribution in [0.25, 0.3) is 0 Å². The van der Waals surface area contributed by atoms with Gasteiger partial charge < -0.3 is 15.6 Å². The molecule has 0 fully saturated rings. The number of hydrogen-bond acceptors (Lipinski definition) is 3. The van der Waals surface area contributed by atoms with Crippen LogP contribution in [0.15, 0.2) is 18.2 Å². The molecule has 15 heavy (non-hydrogen) atoms. The van der Waals surface area contributed by atoms with E-state index in [1.807, 2.05) is 0 Å². The van der Waals surface area contributed by atoms with Crippen LogP contribution < -0.4 is 10.5 Å². The van der Waals surface area contributed by atoms with E-state index in [9.17, 15) is 9.50 Å². The molecule has 2 rings (SSSR count). The van der Waals surface area contributed by atoms with Crippen molar-refractivity contribution in [3.05, 3.63) is 29.6 Å². The van der Waals surface area contributed by atoms with Crippen LogP contribution in [0, 0.1) is 5.82 Å². The SMILES string of the molecule is CC1(C)Oc2ccc(F)cc2[C@H](N)[C@H]1O. The van der Waals surface area contributed by atoms with E-state index in [0.29, 0.717) is 11.3 Å². The highest BCUT2D eigenvalue weighted by Crippen LogP contribution is 2.38. The molecule has 3 nitrogen and oxygen atoms in total. The molecule has 3 N–H and O–H groups in total. The first-order chi connectivity index (χ1) is 6.92. The van der Waals surface area contributed by atoms with Gasteiger partial charge in [-0.05, 0) is 32.0 Å². The lowest BCUT2D eigenvalue weighted by atomic mass is 9.87. The van der Waals surface area contributed by atoms with Crippen LogP contribution in [0.4, 0.5) is 4.39 Å². The van der Waals surface area contributed by atoms with E-state index in [1.165, 1.54) is 18.2 Å². The molecule has 0 aromatic heterocycles. The van der Waals surface area contributed by atoms with Gasteiger partial charge >= 0.3 is 0 Å². The van der Waals surface area contributed by atoms with Crippen molar-refractivity contribution in [1.82, 2.24) is 0 Å². The molecule has 0 saturated heterocycles. The second kappa shape index (κ2) is 3.18.